The van der Waals surface area contributed by atoms with Crippen LogP contribution in [0.4, 0.5) is 5.69 Å². The van der Waals surface area contributed by atoms with Gasteiger partial charge in [0, 0.05) is 0 Å². The van der Waals surface area contributed by atoms with Crippen molar-refractivity contribution in [2.75, 3.05) is 4.90 Å². The van der Waals surface area contributed by atoms with Crippen molar-refractivity contribution in [2.24, 2.45) is 4.99 Å². The average molecular weight is 219 g/mol. The third-order valence-corrected chi connectivity index (χ3v) is 2.29. The minimum absolute atomic E-state index is 0.345. The van der Waals surface area contributed by atoms with Crippen LogP contribution in [0.2, 0.25) is 0 Å². The molecule has 0 saturated heterocycles. The van der Waals surface area contributed by atoms with E-state index in [2.05, 4.69) is 4.99 Å². The number of hydrogen-bond acceptors (Lipinski definition) is 4. The van der Waals surface area contributed by atoms with Gasteiger partial charge in [0.1, 0.15) is 5.84 Å². The highest BCUT2D eigenvalue weighted by atomic mass is 16.6. The van der Waals surface area contributed by atoms with Gasteiger partial charge in [0.25, 0.3) is 0 Å². The predicted molar refractivity (Wildman–Crippen MR) is 57.8 cm³/mol. The van der Waals surface area contributed by atoms with E-state index in [1.807, 2.05) is 6.07 Å². The van der Waals surface area contributed by atoms with Crippen LogP contribution >= 0.6 is 0 Å². The van der Waals surface area contributed by atoms with Crippen LogP contribution < -0.4 is 4.90 Å². The molecule has 0 fully saturated rings. The maximum absolute atomic E-state index is 11.7. The number of nitro groups is 1. The summed E-state index contributed by atoms with van der Waals surface area (Å²) < 4.78 is 0. The first kappa shape index (κ1) is 10.3. The lowest BCUT2D eigenvalue weighted by Gasteiger charge is -2.14. The zero-order valence-corrected chi connectivity index (χ0v) is 8.53. The van der Waals surface area contributed by atoms with Crippen molar-refractivity contribution < 1.29 is 9.72 Å². The summed E-state index contributed by atoms with van der Waals surface area (Å²) in [6.45, 7) is 1.58. The fraction of sp³-hybridized carbons (Fsp3) is 0.200. The Hall–Kier alpha value is -2.24. The van der Waals surface area contributed by atoms with Crippen LogP contribution in [0, 0.1) is 10.1 Å². The molecule has 0 unspecified atom stereocenters. The largest absolute Gasteiger partial charge is 0.384 e. The standard InChI is InChI=1S/C10H9N3O3/c1-7-11-9(13(15)16)10(14)12(7)8-5-3-2-4-6-8/h2-6,9H,1H3/t9-/m0/s1. The average Bonchev–Trinajstić information content (AvgIpc) is 2.56. The van der Waals surface area contributed by atoms with E-state index in [9.17, 15) is 14.9 Å². The molecule has 0 aliphatic carbocycles. The second-order valence-corrected chi connectivity index (χ2v) is 3.34. The van der Waals surface area contributed by atoms with Crippen LogP contribution in [0.25, 0.3) is 0 Å². The monoisotopic (exact) mass is 219 g/mol. The smallest absolute Gasteiger partial charge is 0.263 e. The number of amides is 1. The number of amidine groups is 1. The molecule has 1 aliphatic rings. The molecule has 16 heavy (non-hydrogen) atoms. The minimum atomic E-state index is -1.50. The van der Waals surface area contributed by atoms with Gasteiger partial charge >= 0.3 is 12.1 Å². The lowest BCUT2D eigenvalue weighted by molar-refractivity contribution is -0.504. The van der Waals surface area contributed by atoms with Gasteiger partial charge in [-0.3, -0.25) is 19.8 Å². The molecule has 1 amide bonds. The summed E-state index contributed by atoms with van der Waals surface area (Å²) in [5.41, 5.74) is 0.595. The van der Waals surface area contributed by atoms with Crippen molar-refractivity contribution in [1.82, 2.24) is 0 Å². The molecule has 2 rings (SSSR count). The van der Waals surface area contributed by atoms with E-state index in [1.165, 1.54) is 4.90 Å². The first-order chi connectivity index (χ1) is 7.61. The van der Waals surface area contributed by atoms with Crippen molar-refractivity contribution >= 4 is 17.4 Å². The summed E-state index contributed by atoms with van der Waals surface area (Å²) in [7, 11) is 0. The van der Waals surface area contributed by atoms with Crippen LogP contribution in [0.3, 0.4) is 0 Å². The summed E-state index contributed by atoms with van der Waals surface area (Å²) in [6, 6.07) is 8.74. The Labute approximate surface area is 91.4 Å². The molecule has 0 radical (unpaired) electrons. The summed E-state index contributed by atoms with van der Waals surface area (Å²) in [5.74, 6) is -0.272. The van der Waals surface area contributed by atoms with E-state index < -0.39 is 17.0 Å². The number of carbonyl (C=O) groups is 1. The molecule has 6 nitrogen and oxygen atoms in total. The highest BCUT2D eigenvalue weighted by Gasteiger charge is 2.41. The van der Waals surface area contributed by atoms with Crippen molar-refractivity contribution in [3.8, 4) is 0 Å². The zero-order chi connectivity index (χ0) is 11.7. The van der Waals surface area contributed by atoms with Crippen LogP contribution in [-0.2, 0) is 4.79 Å². The number of carbonyl (C=O) groups excluding carboxylic acids is 1. The molecule has 1 aromatic carbocycles. The Morgan fingerprint density at radius 1 is 1.38 bits per heavy atom. The SMILES string of the molecule is CC1=N[C@@H]([N+](=O)[O-])C(=O)N1c1ccccc1. The Morgan fingerprint density at radius 3 is 2.50 bits per heavy atom. The first-order valence-corrected chi connectivity index (χ1v) is 4.68. The Kier molecular flexibility index (Phi) is 2.40. The van der Waals surface area contributed by atoms with Crippen molar-refractivity contribution in [2.45, 2.75) is 13.1 Å². The summed E-state index contributed by atoms with van der Waals surface area (Å²) >= 11 is 0. The predicted octanol–water partition coefficient (Wildman–Crippen LogP) is 1.05. The van der Waals surface area contributed by atoms with E-state index in [1.54, 1.807) is 31.2 Å². The van der Waals surface area contributed by atoms with E-state index in [4.69, 9.17) is 0 Å². The Morgan fingerprint density at radius 2 is 2.00 bits per heavy atom. The minimum Gasteiger partial charge on any atom is -0.263 e. The second kappa shape index (κ2) is 3.73. The lowest BCUT2D eigenvalue weighted by Crippen LogP contribution is -2.37. The number of rotatable bonds is 2. The molecule has 1 aromatic rings. The van der Waals surface area contributed by atoms with E-state index in [-0.39, 0.29) is 0 Å². The van der Waals surface area contributed by atoms with E-state index >= 15 is 0 Å². The lowest BCUT2D eigenvalue weighted by atomic mass is 10.3. The van der Waals surface area contributed by atoms with Gasteiger partial charge in [-0.2, -0.15) is 4.99 Å². The fourth-order valence-corrected chi connectivity index (χ4v) is 1.59. The number of anilines is 1. The summed E-state index contributed by atoms with van der Waals surface area (Å²) in [5, 5.41) is 10.6. The maximum Gasteiger partial charge on any atom is 0.384 e. The summed E-state index contributed by atoms with van der Waals surface area (Å²) in [4.78, 5) is 26.6. The van der Waals surface area contributed by atoms with Crippen molar-refractivity contribution in [1.29, 1.82) is 0 Å². The third-order valence-electron chi connectivity index (χ3n) is 2.29. The van der Waals surface area contributed by atoms with Gasteiger partial charge in [-0.1, -0.05) is 18.2 Å². The van der Waals surface area contributed by atoms with Gasteiger partial charge in [-0.25, -0.2) is 0 Å². The fourth-order valence-electron chi connectivity index (χ4n) is 1.59. The van der Waals surface area contributed by atoms with Crippen LogP contribution in [-0.4, -0.2) is 22.8 Å². The second-order valence-electron chi connectivity index (χ2n) is 3.34. The third kappa shape index (κ3) is 1.54. The molecule has 0 bridgehead atoms. The van der Waals surface area contributed by atoms with Crippen molar-refractivity contribution in [3.05, 3.63) is 40.4 Å². The van der Waals surface area contributed by atoms with Gasteiger partial charge in [0.2, 0.25) is 0 Å². The molecule has 82 valence electrons. The number of aliphatic imine (C=N–C) groups is 1. The van der Waals surface area contributed by atoms with Gasteiger partial charge in [0.05, 0.1) is 10.6 Å². The van der Waals surface area contributed by atoms with E-state index in [0.717, 1.165) is 0 Å². The van der Waals surface area contributed by atoms with Crippen LogP contribution in [0.5, 0.6) is 0 Å². The van der Waals surface area contributed by atoms with E-state index in [0.29, 0.717) is 11.5 Å². The highest BCUT2D eigenvalue weighted by Crippen LogP contribution is 2.21. The molecule has 0 aromatic heterocycles. The number of nitrogens with zero attached hydrogens (tertiary/aromatic N) is 3. The molecular weight excluding hydrogens is 210 g/mol. The van der Waals surface area contributed by atoms with Crippen LogP contribution in [0.15, 0.2) is 35.3 Å². The number of benzene rings is 1. The molecule has 1 aliphatic heterocycles. The van der Waals surface area contributed by atoms with Gasteiger partial charge in [-0.15, -0.1) is 0 Å². The zero-order valence-electron chi connectivity index (χ0n) is 8.53. The normalized spacial score (nSPS) is 19.8. The van der Waals surface area contributed by atoms with Crippen molar-refractivity contribution in [3.63, 3.8) is 0 Å². The van der Waals surface area contributed by atoms with Gasteiger partial charge < -0.3 is 0 Å². The van der Waals surface area contributed by atoms with Gasteiger partial charge in [-0.05, 0) is 19.1 Å². The first-order valence-electron chi connectivity index (χ1n) is 4.68. The maximum atomic E-state index is 11.7. The number of hydrogen-bond donors (Lipinski definition) is 0. The number of para-hydroxylation sites is 1. The molecule has 6 heteroatoms. The van der Waals surface area contributed by atoms with Crippen LogP contribution in [0.1, 0.15) is 6.92 Å². The molecule has 0 N–H and O–H groups in total. The highest BCUT2D eigenvalue weighted by molar-refractivity contribution is 6.21. The quantitative estimate of drug-likeness (QED) is 0.551. The van der Waals surface area contributed by atoms with Gasteiger partial charge in [0.15, 0.2) is 0 Å². The Balaban J connectivity index is 2.36. The molecule has 1 atom stereocenters. The molecule has 0 spiro atoms. The molecule has 0 saturated carbocycles. The topological polar surface area (TPSA) is 75.8 Å². The molecule has 1 heterocycles. The Bertz CT molecular complexity index is 469. The summed E-state index contributed by atoms with van der Waals surface area (Å²) in [6.07, 6.45) is -1.50. The molecular formula is C10H9N3O3.